The highest BCUT2D eigenvalue weighted by atomic mass is 35.5. The van der Waals surface area contributed by atoms with Crippen LogP contribution < -0.4 is 0 Å². The lowest BCUT2D eigenvalue weighted by molar-refractivity contribution is 0.254. The zero-order valence-corrected chi connectivity index (χ0v) is 12.6. The molecule has 1 aliphatic rings. The molecule has 0 N–H and O–H groups in total. The quantitative estimate of drug-likeness (QED) is 0.727. The molecule has 0 aromatic carbocycles. The SMILES string of the molecule is Cc1nc(C2CCC(C(C)C)CC2)nc(Cl)c1C. The summed E-state index contributed by atoms with van der Waals surface area (Å²) in [4.78, 5) is 9.11. The summed E-state index contributed by atoms with van der Waals surface area (Å²) < 4.78 is 0. The first-order valence-electron chi connectivity index (χ1n) is 6.99. The van der Waals surface area contributed by atoms with E-state index in [1.165, 1.54) is 25.7 Å². The summed E-state index contributed by atoms with van der Waals surface area (Å²) in [6.07, 6.45) is 5.02. The van der Waals surface area contributed by atoms with Crippen molar-refractivity contribution >= 4 is 11.6 Å². The predicted molar refractivity (Wildman–Crippen MR) is 76.1 cm³/mol. The van der Waals surface area contributed by atoms with Gasteiger partial charge in [0.25, 0.3) is 0 Å². The van der Waals surface area contributed by atoms with Gasteiger partial charge in [0, 0.05) is 17.2 Å². The van der Waals surface area contributed by atoms with E-state index in [2.05, 4.69) is 23.8 Å². The Bertz CT molecular complexity index is 397. The van der Waals surface area contributed by atoms with Gasteiger partial charge >= 0.3 is 0 Å². The molecule has 18 heavy (non-hydrogen) atoms. The summed E-state index contributed by atoms with van der Waals surface area (Å²) in [5.74, 6) is 3.15. The molecule has 0 saturated heterocycles. The molecule has 0 spiro atoms. The normalized spacial score (nSPS) is 24.6. The number of rotatable bonds is 2. The summed E-state index contributed by atoms with van der Waals surface area (Å²) in [5, 5.41) is 0.628. The second kappa shape index (κ2) is 5.56. The zero-order chi connectivity index (χ0) is 13.3. The number of aryl methyl sites for hydroxylation is 1. The maximum absolute atomic E-state index is 6.17. The fourth-order valence-corrected chi connectivity index (χ4v) is 3.06. The highest BCUT2D eigenvalue weighted by Gasteiger charge is 2.26. The Morgan fingerprint density at radius 3 is 2.17 bits per heavy atom. The lowest BCUT2D eigenvalue weighted by Crippen LogP contribution is -2.19. The van der Waals surface area contributed by atoms with E-state index in [9.17, 15) is 0 Å². The Kier molecular flexibility index (Phi) is 4.26. The van der Waals surface area contributed by atoms with Crippen LogP contribution in [0.1, 0.15) is 62.5 Å². The summed E-state index contributed by atoms with van der Waals surface area (Å²) in [7, 11) is 0. The monoisotopic (exact) mass is 266 g/mol. The van der Waals surface area contributed by atoms with Gasteiger partial charge in [-0.3, -0.25) is 0 Å². The van der Waals surface area contributed by atoms with Crippen molar-refractivity contribution in [3.63, 3.8) is 0 Å². The lowest BCUT2D eigenvalue weighted by Gasteiger charge is -2.30. The van der Waals surface area contributed by atoms with Crippen molar-refractivity contribution in [2.24, 2.45) is 11.8 Å². The van der Waals surface area contributed by atoms with Crippen molar-refractivity contribution in [2.45, 2.75) is 59.3 Å². The van der Waals surface area contributed by atoms with E-state index in [0.717, 1.165) is 28.9 Å². The van der Waals surface area contributed by atoms with Crippen LogP contribution in [0.5, 0.6) is 0 Å². The first kappa shape index (κ1) is 13.8. The highest BCUT2D eigenvalue weighted by molar-refractivity contribution is 6.30. The third-order valence-electron chi connectivity index (χ3n) is 4.43. The van der Waals surface area contributed by atoms with Crippen LogP contribution in [0.25, 0.3) is 0 Å². The molecule has 1 saturated carbocycles. The van der Waals surface area contributed by atoms with Crippen molar-refractivity contribution < 1.29 is 0 Å². The van der Waals surface area contributed by atoms with E-state index in [-0.39, 0.29) is 0 Å². The van der Waals surface area contributed by atoms with Gasteiger partial charge in [0.15, 0.2) is 0 Å². The van der Waals surface area contributed by atoms with Crippen LogP contribution in [-0.4, -0.2) is 9.97 Å². The fourth-order valence-electron chi connectivity index (χ4n) is 2.84. The molecule has 0 amide bonds. The molecule has 1 aromatic rings. The van der Waals surface area contributed by atoms with Crippen LogP contribution in [-0.2, 0) is 0 Å². The van der Waals surface area contributed by atoms with Crippen LogP contribution in [0.3, 0.4) is 0 Å². The topological polar surface area (TPSA) is 25.8 Å². The molecule has 0 radical (unpaired) electrons. The largest absolute Gasteiger partial charge is 0.238 e. The van der Waals surface area contributed by atoms with Gasteiger partial charge in [-0.05, 0) is 51.4 Å². The molecule has 0 atom stereocenters. The first-order valence-corrected chi connectivity index (χ1v) is 7.37. The zero-order valence-electron chi connectivity index (χ0n) is 11.8. The van der Waals surface area contributed by atoms with Gasteiger partial charge in [-0.25, -0.2) is 9.97 Å². The van der Waals surface area contributed by atoms with E-state index in [1.54, 1.807) is 0 Å². The summed E-state index contributed by atoms with van der Waals surface area (Å²) >= 11 is 6.17. The Hall–Kier alpha value is -0.630. The van der Waals surface area contributed by atoms with Gasteiger partial charge < -0.3 is 0 Å². The van der Waals surface area contributed by atoms with Gasteiger partial charge in [0.2, 0.25) is 0 Å². The number of aromatic nitrogens is 2. The Balaban J connectivity index is 2.10. The van der Waals surface area contributed by atoms with Gasteiger partial charge in [-0.15, -0.1) is 0 Å². The minimum Gasteiger partial charge on any atom is -0.238 e. The molecule has 1 aliphatic carbocycles. The Morgan fingerprint density at radius 1 is 1.06 bits per heavy atom. The average molecular weight is 267 g/mol. The van der Waals surface area contributed by atoms with Crippen LogP contribution >= 0.6 is 11.6 Å². The molecule has 0 unspecified atom stereocenters. The molecule has 0 bridgehead atoms. The lowest BCUT2D eigenvalue weighted by atomic mass is 9.76. The molecular weight excluding hydrogens is 244 g/mol. The average Bonchev–Trinajstić information content (AvgIpc) is 2.35. The molecule has 100 valence electrons. The van der Waals surface area contributed by atoms with E-state index in [4.69, 9.17) is 11.6 Å². The van der Waals surface area contributed by atoms with Crippen molar-refractivity contribution in [1.82, 2.24) is 9.97 Å². The predicted octanol–water partition coefficient (Wildman–Crippen LogP) is 4.68. The summed E-state index contributed by atoms with van der Waals surface area (Å²) in [6, 6.07) is 0. The highest BCUT2D eigenvalue weighted by Crippen LogP contribution is 2.37. The van der Waals surface area contributed by atoms with Gasteiger partial charge in [-0.1, -0.05) is 25.4 Å². The van der Waals surface area contributed by atoms with E-state index < -0.39 is 0 Å². The Labute approximate surface area is 115 Å². The molecule has 1 aromatic heterocycles. The maximum atomic E-state index is 6.17. The Morgan fingerprint density at radius 2 is 1.67 bits per heavy atom. The minimum absolute atomic E-state index is 0.511. The van der Waals surface area contributed by atoms with Crippen LogP contribution in [0.4, 0.5) is 0 Å². The summed E-state index contributed by atoms with van der Waals surface area (Å²) in [5.41, 5.74) is 2.03. The van der Waals surface area contributed by atoms with Crippen LogP contribution in [0.2, 0.25) is 5.15 Å². The van der Waals surface area contributed by atoms with Gasteiger partial charge in [0.1, 0.15) is 11.0 Å². The third-order valence-corrected chi connectivity index (χ3v) is 4.79. The molecule has 1 heterocycles. The molecule has 2 nitrogen and oxygen atoms in total. The van der Waals surface area contributed by atoms with Crippen LogP contribution in [0.15, 0.2) is 0 Å². The second-order valence-electron chi connectivity index (χ2n) is 5.94. The number of hydrogen-bond donors (Lipinski definition) is 0. The number of halogens is 1. The smallest absolute Gasteiger partial charge is 0.135 e. The van der Waals surface area contributed by atoms with Crippen LogP contribution in [0, 0.1) is 25.7 Å². The van der Waals surface area contributed by atoms with Gasteiger partial charge in [-0.2, -0.15) is 0 Å². The molecule has 2 rings (SSSR count). The fraction of sp³-hybridized carbons (Fsp3) is 0.733. The van der Waals surface area contributed by atoms with E-state index in [0.29, 0.717) is 11.1 Å². The molecular formula is C15H23ClN2. The summed E-state index contributed by atoms with van der Waals surface area (Å²) in [6.45, 7) is 8.66. The maximum Gasteiger partial charge on any atom is 0.135 e. The minimum atomic E-state index is 0.511. The standard InChI is InChI=1S/C15H23ClN2/c1-9(2)12-5-7-13(8-6-12)15-17-11(4)10(3)14(16)18-15/h9,12-13H,5-8H2,1-4H3. The van der Waals surface area contributed by atoms with E-state index in [1.807, 2.05) is 13.8 Å². The number of nitrogens with zero attached hydrogens (tertiary/aromatic N) is 2. The van der Waals surface area contributed by atoms with Crippen molar-refractivity contribution in [2.75, 3.05) is 0 Å². The van der Waals surface area contributed by atoms with Crippen molar-refractivity contribution in [3.05, 3.63) is 22.2 Å². The number of hydrogen-bond acceptors (Lipinski definition) is 2. The van der Waals surface area contributed by atoms with Crippen molar-refractivity contribution in [1.29, 1.82) is 0 Å². The van der Waals surface area contributed by atoms with Crippen molar-refractivity contribution in [3.8, 4) is 0 Å². The molecule has 3 heteroatoms. The second-order valence-corrected chi connectivity index (χ2v) is 6.30. The molecule has 0 aliphatic heterocycles. The molecule has 1 fully saturated rings. The van der Waals surface area contributed by atoms with Gasteiger partial charge in [0.05, 0.1) is 0 Å². The third kappa shape index (κ3) is 2.85. The van der Waals surface area contributed by atoms with E-state index >= 15 is 0 Å². The first-order chi connectivity index (χ1) is 8.49.